The van der Waals surface area contributed by atoms with E-state index in [0.29, 0.717) is 6.61 Å². The van der Waals surface area contributed by atoms with Gasteiger partial charge in [-0.25, -0.2) is 0 Å². The monoisotopic (exact) mass is 300 g/mol. The van der Waals surface area contributed by atoms with Crippen LogP contribution < -0.4 is 10.1 Å². The summed E-state index contributed by atoms with van der Waals surface area (Å²) in [5.41, 5.74) is -0.0899. The van der Waals surface area contributed by atoms with Gasteiger partial charge in [0, 0.05) is 6.42 Å². The molecular weight excluding hydrogens is 280 g/mol. The van der Waals surface area contributed by atoms with Crippen LogP contribution in [0, 0.1) is 11.3 Å². The quantitative estimate of drug-likeness (QED) is 0.819. The van der Waals surface area contributed by atoms with Gasteiger partial charge in [0.25, 0.3) is 5.91 Å². The standard InChI is InChI=1S/C17H20N2O3/c1-3-4-9-22-13-7-5-12(6-8-13)17(2)10-15(20)14(11-18)16(21)19-17/h5-8,20H,3-4,9-10H2,1-2H3,(H,19,21). The zero-order valence-corrected chi connectivity index (χ0v) is 12.8. The molecule has 116 valence electrons. The molecule has 0 aromatic heterocycles. The van der Waals surface area contributed by atoms with E-state index < -0.39 is 11.4 Å². The van der Waals surface area contributed by atoms with Crippen LogP contribution in [0.3, 0.4) is 0 Å². The first-order chi connectivity index (χ1) is 10.5. The van der Waals surface area contributed by atoms with Gasteiger partial charge < -0.3 is 15.2 Å². The molecule has 1 aromatic rings. The number of nitriles is 1. The smallest absolute Gasteiger partial charge is 0.266 e. The van der Waals surface area contributed by atoms with Gasteiger partial charge in [0.15, 0.2) is 5.57 Å². The van der Waals surface area contributed by atoms with Crippen LogP contribution >= 0.6 is 0 Å². The Balaban J connectivity index is 2.16. The van der Waals surface area contributed by atoms with Crippen molar-refractivity contribution in [1.82, 2.24) is 5.32 Å². The largest absolute Gasteiger partial charge is 0.511 e. The summed E-state index contributed by atoms with van der Waals surface area (Å²) >= 11 is 0. The average Bonchev–Trinajstić information content (AvgIpc) is 2.47. The second-order valence-electron chi connectivity index (χ2n) is 5.62. The molecule has 0 fully saturated rings. The van der Waals surface area contributed by atoms with Crippen molar-refractivity contribution in [2.24, 2.45) is 0 Å². The van der Waals surface area contributed by atoms with Crippen LogP contribution in [0.15, 0.2) is 35.6 Å². The van der Waals surface area contributed by atoms with E-state index in [-0.39, 0.29) is 17.8 Å². The average molecular weight is 300 g/mol. The number of rotatable bonds is 5. The highest BCUT2D eigenvalue weighted by Gasteiger charge is 2.37. The lowest BCUT2D eigenvalue weighted by Crippen LogP contribution is -2.47. The first-order valence-electron chi connectivity index (χ1n) is 7.38. The fourth-order valence-electron chi connectivity index (χ4n) is 2.45. The Morgan fingerprint density at radius 1 is 1.41 bits per heavy atom. The van der Waals surface area contributed by atoms with E-state index in [2.05, 4.69) is 12.2 Å². The molecule has 5 nitrogen and oxygen atoms in total. The SMILES string of the molecule is CCCCOc1ccc(C2(C)CC(O)=C(C#N)C(=O)N2)cc1. The van der Waals surface area contributed by atoms with Crippen molar-refractivity contribution in [1.29, 1.82) is 5.26 Å². The number of nitrogens with one attached hydrogen (secondary N) is 1. The Labute approximate surface area is 130 Å². The van der Waals surface area contributed by atoms with Crippen molar-refractivity contribution in [3.63, 3.8) is 0 Å². The molecule has 22 heavy (non-hydrogen) atoms. The molecule has 2 rings (SSSR count). The molecule has 1 heterocycles. The molecule has 1 amide bonds. The van der Waals surface area contributed by atoms with E-state index in [1.54, 1.807) is 6.07 Å². The highest BCUT2D eigenvalue weighted by molar-refractivity contribution is 5.99. The molecule has 0 radical (unpaired) electrons. The fraction of sp³-hybridized carbons (Fsp3) is 0.412. The molecule has 5 heteroatoms. The second kappa shape index (κ2) is 6.52. The van der Waals surface area contributed by atoms with Crippen molar-refractivity contribution < 1.29 is 14.6 Å². The van der Waals surface area contributed by atoms with Crippen LogP contribution in [-0.4, -0.2) is 17.6 Å². The summed E-state index contributed by atoms with van der Waals surface area (Å²) in [5.74, 6) is 0.0643. The first-order valence-corrected chi connectivity index (χ1v) is 7.38. The topological polar surface area (TPSA) is 82.3 Å². The third-order valence-corrected chi connectivity index (χ3v) is 3.80. The summed E-state index contributed by atoms with van der Waals surface area (Å²) in [4.78, 5) is 11.9. The van der Waals surface area contributed by atoms with E-state index in [1.165, 1.54) is 0 Å². The van der Waals surface area contributed by atoms with E-state index in [4.69, 9.17) is 10.00 Å². The predicted molar refractivity (Wildman–Crippen MR) is 82.2 cm³/mol. The molecule has 0 bridgehead atoms. The molecule has 1 atom stereocenters. The van der Waals surface area contributed by atoms with E-state index in [9.17, 15) is 9.90 Å². The van der Waals surface area contributed by atoms with Gasteiger partial charge in [0.05, 0.1) is 12.1 Å². The first kappa shape index (κ1) is 15.9. The Bertz CT molecular complexity index is 628. The number of nitrogens with zero attached hydrogens (tertiary/aromatic N) is 1. The predicted octanol–water partition coefficient (Wildman–Crippen LogP) is 2.94. The lowest BCUT2D eigenvalue weighted by molar-refractivity contribution is -0.120. The maximum atomic E-state index is 11.9. The number of carbonyl (C=O) groups excluding carboxylic acids is 1. The van der Waals surface area contributed by atoms with Crippen molar-refractivity contribution in [3.05, 3.63) is 41.2 Å². The van der Waals surface area contributed by atoms with Crippen LogP contribution in [0.5, 0.6) is 5.75 Å². The zero-order chi connectivity index (χ0) is 16.2. The highest BCUT2D eigenvalue weighted by Crippen LogP contribution is 2.33. The number of unbranched alkanes of at least 4 members (excludes halogenated alkanes) is 1. The second-order valence-corrected chi connectivity index (χ2v) is 5.62. The lowest BCUT2D eigenvalue weighted by atomic mass is 9.84. The van der Waals surface area contributed by atoms with Gasteiger partial charge in [-0.05, 0) is 31.0 Å². The van der Waals surface area contributed by atoms with Gasteiger partial charge in [-0.1, -0.05) is 25.5 Å². The fourth-order valence-corrected chi connectivity index (χ4v) is 2.45. The molecular formula is C17H20N2O3. The summed E-state index contributed by atoms with van der Waals surface area (Å²) in [5, 5.41) is 21.6. The van der Waals surface area contributed by atoms with Crippen molar-refractivity contribution in [2.75, 3.05) is 6.61 Å². The van der Waals surface area contributed by atoms with E-state index in [0.717, 1.165) is 24.2 Å². The number of aliphatic hydroxyl groups is 1. The third kappa shape index (κ3) is 3.22. The number of ether oxygens (including phenoxy) is 1. The maximum Gasteiger partial charge on any atom is 0.266 e. The summed E-state index contributed by atoms with van der Waals surface area (Å²) in [7, 11) is 0. The van der Waals surface area contributed by atoms with Crippen molar-refractivity contribution >= 4 is 5.91 Å². The van der Waals surface area contributed by atoms with Crippen molar-refractivity contribution in [2.45, 2.75) is 38.6 Å². The highest BCUT2D eigenvalue weighted by atomic mass is 16.5. The number of hydrogen-bond donors (Lipinski definition) is 2. The summed E-state index contributed by atoms with van der Waals surface area (Å²) in [6, 6.07) is 9.16. The van der Waals surface area contributed by atoms with Crippen LogP contribution in [0.2, 0.25) is 0 Å². The Morgan fingerprint density at radius 2 is 2.09 bits per heavy atom. The van der Waals surface area contributed by atoms with Crippen LogP contribution in [0.25, 0.3) is 0 Å². The molecule has 0 saturated heterocycles. The molecule has 2 N–H and O–H groups in total. The molecule has 0 saturated carbocycles. The minimum atomic E-state index is -0.733. The van der Waals surface area contributed by atoms with Crippen molar-refractivity contribution in [3.8, 4) is 11.8 Å². The van der Waals surface area contributed by atoms with Gasteiger partial charge in [-0.2, -0.15) is 5.26 Å². The Morgan fingerprint density at radius 3 is 2.64 bits per heavy atom. The number of carbonyl (C=O) groups is 1. The minimum absolute atomic E-state index is 0.169. The maximum absolute atomic E-state index is 11.9. The Hall–Kier alpha value is -2.48. The van der Waals surface area contributed by atoms with Gasteiger partial charge >= 0.3 is 0 Å². The molecule has 1 aliphatic heterocycles. The van der Waals surface area contributed by atoms with Crippen LogP contribution in [0.4, 0.5) is 0 Å². The summed E-state index contributed by atoms with van der Waals surface area (Å²) in [6.07, 6.45) is 2.28. The Kier molecular flexibility index (Phi) is 4.71. The summed E-state index contributed by atoms with van der Waals surface area (Å²) in [6.45, 7) is 4.61. The van der Waals surface area contributed by atoms with E-state index >= 15 is 0 Å². The van der Waals surface area contributed by atoms with Gasteiger partial charge in [0.2, 0.25) is 0 Å². The normalized spacial score (nSPS) is 21.2. The lowest BCUT2D eigenvalue weighted by Gasteiger charge is -2.34. The number of amides is 1. The van der Waals surface area contributed by atoms with Crippen LogP contribution in [0.1, 0.15) is 38.7 Å². The van der Waals surface area contributed by atoms with E-state index in [1.807, 2.05) is 31.2 Å². The molecule has 1 aromatic carbocycles. The van der Waals surface area contributed by atoms with Gasteiger partial charge in [-0.3, -0.25) is 4.79 Å². The zero-order valence-electron chi connectivity index (χ0n) is 12.8. The van der Waals surface area contributed by atoms with Crippen LogP contribution in [-0.2, 0) is 10.3 Å². The summed E-state index contributed by atoms with van der Waals surface area (Å²) < 4.78 is 5.61. The molecule has 0 aliphatic carbocycles. The van der Waals surface area contributed by atoms with Gasteiger partial charge in [0.1, 0.15) is 17.6 Å². The molecule has 1 unspecified atom stereocenters. The minimum Gasteiger partial charge on any atom is -0.511 e. The molecule has 1 aliphatic rings. The number of aliphatic hydroxyl groups excluding tert-OH is 1. The van der Waals surface area contributed by atoms with Gasteiger partial charge in [-0.15, -0.1) is 0 Å². The molecule has 0 spiro atoms. The number of benzene rings is 1. The third-order valence-electron chi connectivity index (χ3n) is 3.80. The number of hydrogen-bond acceptors (Lipinski definition) is 4.